The molecule has 0 unspecified atom stereocenters. The maximum absolute atomic E-state index is 10.5. The molecule has 0 aromatic carbocycles. The van der Waals surface area contributed by atoms with Gasteiger partial charge in [0, 0.05) is 25.4 Å². The average Bonchev–Trinajstić information content (AvgIpc) is 2.39. The number of imidazole rings is 1. The molecule has 11 heavy (non-hydrogen) atoms. The highest BCUT2D eigenvalue weighted by Gasteiger charge is 1.93. The summed E-state index contributed by atoms with van der Waals surface area (Å²) < 4.78 is 1.98. The second-order valence-corrected chi connectivity index (χ2v) is 2.61. The Morgan fingerprint density at radius 2 is 2.45 bits per heavy atom. The van der Waals surface area contributed by atoms with Crippen LogP contribution in [0.4, 0.5) is 0 Å². The van der Waals surface area contributed by atoms with Crippen LogP contribution in [0.1, 0.15) is 19.8 Å². The van der Waals surface area contributed by atoms with Crippen molar-refractivity contribution in [2.75, 3.05) is 0 Å². The molecule has 1 aromatic rings. The lowest BCUT2D eigenvalue weighted by Crippen LogP contribution is -1.97. The SMILES string of the molecule is CC(=O)CCCn1ccnc1. The van der Waals surface area contributed by atoms with Crippen LogP contribution >= 0.6 is 0 Å². The molecule has 1 aromatic heterocycles. The van der Waals surface area contributed by atoms with Crippen LogP contribution in [0.15, 0.2) is 18.7 Å². The van der Waals surface area contributed by atoms with Gasteiger partial charge in [0.1, 0.15) is 5.78 Å². The standard InChI is InChI=1S/C8H12N2O/c1-8(11)3-2-5-10-6-4-9-7-10/h4,6-7H,2-3,5H2,1H3. The predicted octanol–water partition coefficient (Wildman–Crippen LogP) is 1.25. The first-order valence-electron chi connectivity index (χ1n) is 3.74. The molecule has 0 aliphatic rings. The van der Waals surface area contributed by atoms with Crippen LogP contribution in [0.5, 0.6) is 0 Å². The van der Waals surface area contributed by atoms with E-state index in [0.29, 0.717) is 6.42 Å². The van der Waals surface area contributed by atoms with Gasteiger partial charge in [0.25, 0.3) is 0 Å². The molecule has 0 atom stereocenters. The average molecular weight is 152 g/mol. The fourth-order valence-corrected chi connectivity index (χ4v) is 0.930. The number of nitrogens with zero attached hydrogens (tertiary/aromatic N) is 2. The third-order valence-corrected chi connectivity index (χ3v) is 1.50. The van der Waals surface area contributed by atoms with Gasteiger partial charge in [-0.1, -0.05) is 0 Å². The topological polar surface area (TPSA) is 34.9 Å². The van der Waals surface area contributed by atoms with Crippen LogP contribution in [0, 0.1) is 0 Å². The minimum Gasteiger partial charge on any atom is -0.337 e. The van der Waals surface area contributed by atoms with Crippen molar-refractivity contribution in [2.24, 2.45) is 0 Å². The Morgan fingerprint density at radius 1 is 1.64 bits per heavy atom. The lowest BCUT2D eigenvalue weighted by atomic mass is 10.2. The van der Waals surface area contributed by atoms with Gasteiger partial charge in [-0.05, 0) is 13.3 Å². The van der Waals surface area contributed by atoms with E-state index >= 15 is 0 Å². The minimum atomic E-state index is 0.255. The molecule has 3 nitrogen and oxygen atoms in total. The highest BCUT2D eigenvalue weighted by atomic mass is 16.1. The van der Waals surface area contributed by atoms with Crippen molar-refractivity contribution in [2.45, 2.75) is 26.3 Å². The summed E-state index contributed by atoms with van der Waals surface area (Å²) in [5.41, 5.74) is 0. The van der Waals surface area contributed by atoms with Gasteiger partial charge >= 0.3 is 0 Å². The van der Waals surface area contributed by atoms with Crippen molar-refractivity contribution in [3.05, 3.63) is 18.7 Å². The van der Waals surface area contributed by atoms with Crippen molar-refractivity contribution in [1.29, 1.82) is 0 Å². The molecule has 3 heteroatoms. The van der Waals surface area contributed by atoms with Crippen LogP contribution in [0.25, 0.3) is 0 Å². The normalized spacial score (nSPS) is 9.91. The van der Waals surface area contributed by atoms with Gasteiger partial charge in [0.2, 0.25) is 0 Å². The van der Waals surface area contributed by atoms with Gasteiger partial charge < -0.3 is 9.36 Å². The molecule has 0 radical (unpaired) electrons. The molecule has 0 aliphatic heterocycles. The summed E-state index contributed by atoms with van der Waals surface area (Å²) in [5.74, 6) is 0.255. The number of carbonyl (C=O) groups is 1. The van der Waals surface area contributed by atoms with E-state index in [2.05, 4.69) is 4.98 Å². The van der Waals surface area contributed by atoms with Gasteiger partial charge in [-0.3, -0.25) is 0 Å². The summed E-state index contributed by atoms with van der Waals surface area (Å²) in [4.78, 5) is 14.4. The number of carbonyl (C=O) groups excluding carboxylic acids is 1. The maximum atomic E-state index is 10.5. The van der Waals surface area contributed by atoms with E-state index < -0.39 is 0 Å². The number of hydrogen-bond acceptors (Lipinski definition) is 2. The third kappa shape index (κ3) is 2.98. The molecular formula is C8H12N2O. The Bertz CT molecular complexity index is 216. The molecule has 0 saturated carbocycles. The molecule has 0 bridgehead atoms. The largest absolute Gasteiger partial charge is 0.337 e. The molecular weight excluding hydrogens is 140 g/mol. The fourth-order valence-electron chi connectivity index (χ4n) is 0.930. The number of hydrogen-bond donors (Lipinski definition) is 0. The second-order valence-electron chi connectivity index (χ2n) is 2.61. The van der Waals surface area contributed by atoms with Crippen molar-refractivity contribution in [3.63, 3.8) is 0 Å². The summed E-state index contributed by atoms with van der Waals surface area (Å²) in [6.07, 6.45) is 6.98. The summed E-state index contributed by atoms with van der Waals surface area (Å²) in [7, 11) is 0. The number of ketones is 1. The van der Waals surface area contributed by atoms with Gasteiger partial charge in [-0.2, -0.15) is 0 Å². The first-order chi connectivity index (χ1) is 5.29. The Balaban J connectivity index is 2.19. The zero-order chi connectivity index (χ0) is 8.10. The van der Waals surface area contributed by atoms with E-state index in [1.165, 1.54) is 0 Å². The number of Topliss-reactive ketones (excluding diaryl/α,β-unsaturated/α-hetero) is 1. The van der Waals surface area contributed by atoms with Crippen LogP contribution in [-0.4, -0.2) is 15.3 Å². The monoisotopic (exact) mass is 152 g/mol. The van der Waals surface area contributed by atoms with Gasteiger partial charge in [-0.15, -0.1) is 0 Å². The molecule has 0 spiro atoms. The lowest BCUT2D eigenvalue weighted by molar-refractivity contribution is -0.117. The number of rotatable bonds is 4. The Morgan fingerprint density at radius 3 is 3.00 bits per heavy atom. The Labute approximate surface area is 66.1 Å². The van der Waals surface area contributed by atoms with E-state index in [9.17, 15) is 4.79 Å². The molecule has 0 N–H and O–H groups in total. The molecule has 1 heterocycles. The van der Waals surface area contributed by atoms with Crippen molar-refractivity contribution < 1.29 is 4.79 Å². The number of aryl methyl sites for hydroxylation is 1. The Hall–Kier alpha value is -1.12. The third-order valence-electron chi connectivity index (χ3n) is 1.50. The van der Waals surface area contributed by atoms with Crippen LogP contribution in [0.2, 0.25) is 0 Å². The van der Waals surface area contributed by atoms with Crippen molar-refractivity contribution >= 4 is 5.78 Å². The van der Waals surface area contributed by atoms with E-state index in [0.717, 1.165) is 13.0 Å². The highest BCUT2D eigenvalue weighted by molar-refractivity contribution is 5.75. The molecule has 0 aliphatic carbocycles. The van der Waals surface area contributed by atoms with Crippen molar-refractivity contribution in [1.82, 2.24) is 9.55 Å². The van der Waals surface area contributed by atoms with Gasteiger partial charge in [-0.25, -0.2) is 4.98 Å². The van der Waals surface area contributed by atoms with Crippen LogP contribution < -0.4 is 0 Å². The zero-order valence-electron chi connectivity index (χ0n) is 6.66. The number of aromatic nitrogens is 2. The first-order valence-corrected chi connectivity index (χ1v) is 3.74. The Kier molecular flexibility index (Phi) is 2.83. The molecule has 1 rings (SSSR count). The molecule has 0 fully saturated rings. The van der Waals surface area contributed by atoms with Gasteiger partial charge in [0.15, 0.2) is 0 Å². The quantitative estimate of drug-likeness (QED) is 0.650. The summed E-state index contributed by atoms with van der Waals surface area (Å²) in [6, 6.07) is 0. The minimum absolute atomic E-state index is 0.255. The summed E-state index contributed by atoms with van der Waals surface area (Å²) in [6.45, 7) is 2.51. The lowest BCUT2D eigenvalue weighted by Gasteiger charge is -1.98. The van der Waals surface area contributed by atoms with E-state index in [-0.39, 0.29) is 5.78 Å². The zero-order valence-corrected chi connectivity index (χ0v) is 6.66. The van der Waals surface area contributed by atoms with E-state index in [1.807, 2.05) is 10.8 Å². The van der Waals surface area contributed by atoms with E-state index in [4.69, 9.17) is 0 Å². The van der Waals surface area contributed by atoms with Crippen LogP contribution in [-0.2, 0) is 11.3 Å². The van der Waals surface area contributed by atoms with Gasteiger partial charge in [0.05, 0.1) is 6.33 Å². The van der Waals surface area contributed by atoms with Crippen LogP contribution in [0.3, 0.4) is 0 Å². The highest BCUT2D eigenvalue weighted by Crippen LogP contribution is 1.95. The predicted molar refractivity (Wildman–Crippen MR) is 42.1 cm³/mol. The second kappa shape index (κ2) is 3.91. The van der Waals surface area contributed by atoms with E-state index in [1.54, 1.807) is 19.4 Å². The van der Waals surface area contributed by atoms with Crippen molar-refractivity contribution in [3.8, 4) is 0 Å². The molecule has 60 valence electrons. The first kappa shape index (κ1) is 7.98. The molecule has 0 saturated heterocycles. The fraction of sp³-hybridized carbons (Fsp3) is 0.500. The smallest absolute Gasteiger partial charge is 0.129 e. The summed E-state index contributed by atoms with van der Waals surface area (Å²) in [5, 5.41) is 0. The molecule has 0 amide bonds. The maximum Gasteiger partial charge on any atom is 0.129 e. The summed E-state index contributed by atoms with van der Waals surface area (Å²) >= 11 is 0.